The Hall–Kier alpha value is -2.77. The molecule has 0 spiro atoms. The molecular formula is C20H22FN3O4. The number of hydrazine groups is 1. The van der Waals surface area contributed by atoms with Crippen LogP contribution in [-0.2, 0) is 9.47 Å². The second-order valence-electron chi connectivity index (χ2n) is 8.22. The molecule has 1 aliphatic carbocycles. The molecule has 7 nitrogen and oxygen atoms in total. The zero-order valence-electron chi connectivity index (χ0n) is 15.9. The Morgan fingerprint density at radius 3 is 2.96 bits per heavy atom. The largest absolute Gasteiger partial charge is 0.448 e. The minimum atomic E-state index is -0.671. The predicted octanol–water partition coefficient (Wildman–Crippen LogP) is 3.39. The van der Waals surface area contributed by atoms with Crippen molar-refractivity contribution in [2.75, 3.05) is 11.9 Å². The van der Waals surface area contributed by atoms with Gasteiger partial charge in [-0.15, -0.1) is 0 Å². The van der Waals surface area contributed by atoms with Crippen LogP contribution in [0.1, 0.15) is 38.7 Å². The van der Waals surface area contributed by atoms with Gasteiger partial charge in [-0.3, -0.25) is 0 Å². The second kappa shape index (κ2) is 5.62. The van der Waals surface area contributed by atoms with Crippen LogP contribution in [0.4, 0.5) is 19.7 Å². The lowest BCUT2D eigenvalue weighted by Crippen LogP contribution is -2.59. The number of amides is 2. The molecule has 3 aliphatic heterocycles. The Kier molecular flexibility index (Phi) is 3.48. The van der Waals surface area contributed by atoms with Crippen LogP contribution >= 0.6 is 0 Å². The summed E-state index contributed by atoms with van der Waals surface area (Å²) in [4.78, 5) is 25.6. The van der Waals surface area contributed by atoms with Gasteiger partial charge in [0.05, 0.1) is 24.3 Å². The first kappa shape index (κ1) is 17.3. The lowest BCUT2D eigenvalue weighted by molar-refractivity contribution is -0.0754. The Morgan fingerprint density at radius 2 is 2.21 bits per heavy atom. The summed E-state index contributed by atoms with van der Waals surface area (Å²) in [6, 6.07) is 4.07. The van der Waals surface area contributed by atoms with Gasteiger partial charge in [0, 0.05) is 18.0 Å². The second-order valence-corrected chi connectivity index (χ2v) is 8.22. The number of nitrogens with zero attached hydrogens (tertiary/aromatic N) is 2. The molecule has 28 heavy (non-hydrogen) atoms. The Morgan fingerprint density at radius 1 is 1.43 bits per heavy atom. The quantitative estimate of drug-likeness (QED) is 0.748. The van der Waals surface area contributed by atoms with E-state index in [1.54, 1.807) is 19.9 Å². The summed E-state index contributed by atoms with van der Waals surface area (Å²) >= 11 is 0. The third kappa shape index (κ3) is 2.14. The van der Waals surface area contributed by atoms with E-state index >= 15 is 0 Å². The van der Waals surface area contributed by atoms with Crippen LogP contribution < -0.4 is 5.32 Å². The van der Waals surface area contributed by atoms with Crippen LogP contribution in [0.15, 0.2) is 29.8 Å². The summed E-state index contributed by atoms with van der Waals surface area (Å²) in [6.07, 6.45) is 1.19. The number of halogens is 1. The minimum absolute atomic E-state index is 0.0722. The third-order valence-corrected chi connectivity index (χ3v) is 6.18. The highest BCUT2D eigenvalue weighted by atomic mass is 19.1. The fourth-order valence-electron chi connectivity index (χ4n) is 5.01. The van der Waals surface area contributed by atoms with Crippen LogP contribution in [0.5, 0.6) is 0 Å². The average molecular weight is 387 g/mol. The zero-order chi connectivity index (χ0) is 19.8. The van der Waals surface area contributed by atoms with Crippen molar-refractivity contribution in [3.05, 3.63) is 41.2 Å². The molecule has 2 saturated heterocycles. The van der Waals surface area contributed by atoms with E-state index in [0.29, 0.717) is 6.42 Å². The standard InChI is InChI=1S/C20H22FN3O4/c1-10(2)28-18(25)23-17-14(20(3)6-7-27-19(26)24(20)23)9-13-12-8-11(21)4-5-15(12)22-16(13)17/h4-5,8-10,13,16-17,22H,6-7H2,1-3H3/t13-,16+,17+,20-/m0/s1. The fourth-order valence-corrected chi connectivity index (χ4v) is 5.01. The topological polar surface area (TPSA) is 71.1 Å². The molecule has 3 heterocycles. The zero-order valence-corrected chi connectivity index (χ0v) is 15.9. The summed E-state index contributed by atoms with van der Waals surface area (Å²) in [5, 5.41) is 6.23. The molecule has 148 valence electrons. The van der Waals surface area contributed by atoms with Crippen molar-refractivity contribution in [3.63, 3.8) is 0 Å². The molecule has 1 aromatic rings. The van der Waals surface area contributed by atoms with Crippen molar-refractivity contribution in [1.29, 1.82) is 0 Å². The van der Waals surface area contributed by atoms with Gasteiger partial charge in [0.1, 0.15) is 11.9 Å². The number of rotatable bonds is 1. The van der Waals surface area contributed by atoms with Crippen LogP contribution in [0, 0.1) is 5.82 Å². The van der Waals surface area contributed by atoms with Crippen LogP contribution in [-0.4, -0.2) is 52.5 Å². The van der Waals surface area contributed by atoms with Gasteiger partial charge in [0.2, 0.25) is 0 Å². The minimum Gasteiger partial charge on any atom is -0.448 e. The maximum absolute atomic E-state index is 13.9. The molecule has 8 heteroatoms. The molecule has 0 bridgehead atoms. The molecule has 4 atom stereocenters. The third-order valence-electron chi connectivity index (χ3n) is 6.18. The maximum atomic E-state index is 13.9. The number of nitrogens with one attached hydrogen (secondary N) is 1. The van der Waals surface area contributed by atoms with Crippen molar-refractivity contribution in [1.82, 2.24) is 10.0 Å². The number of fused-ring (bicyclic) bond motifs is 7. The first-order valence-electron chi connectivity index (χ1n) is 9.56. The van der Waals surface area contributed by atoms with Crippen molar-refractivity contribution in [2.45, 2.75) is 56.8 Å². The van der Waals surface area contributed by atoms with Gasteiger partial charge in [-0.1, -0.05) is 6.08 Å². The van der Waals surface area contributed by atoms with Crippen LogP contribution in [0.3, 0.4) is 0 Å². The van der Waals surface area contributed by atoms with Crippen LogP contribution in [0.25, 0.3) is 0 Å². The molecule has 1 aromatic carbocycles. The van der Waals surface area contributed by atoms with E-state index in [4.69, 9.17) is 9.47 Å². The highest BCUT2D eigenvalue weighted by Crippen LogP contribution is 2.55. The van der Waals surface area contributed by atoms with Gasteiger partial charge in [-0.25, -0.2) is 24.0 Å². The smallest absolute Gasteiger partial charge is 0.429 e. The van der Waals surface area contributed by atoms with Crippen molar-refractivity contribution >= 4 is 17.9 Å². The first-order valence-corrected chi connectivity index (χ1v) is 9.56. The normalized spacial score (nSPS) is 32.2. The van der Waals surface area contributed by atoms with E-state index in [2.05, 4.69) is 11.4 Å². The molecule has 0 aromatic heterocycles. The summed E-state index contributed by atoms with van der Waals surface area (Å²) in [5.41, 5.74) is 2.02. The molecule has 2 amide bonds. The van der Waals surface area contributed by atoms with Gasteiger partial charge >= 0.3 is 12.2 Å². The number of carbonyl (C=O) groups is 2. The molecule has 1 N–H and O–H groups in total. The van der Waals surface area contributed by atoms with E-state index < -0.39 is 23.8 Å². The summed E-state index contributed by atoms with van der Waals surface area (Å²) < 4.78 is 24.5. The highest BCUT2D eigenvalue weighted by molar-refractivity contribution is 5.80. The number of hydrogen-bond acceptors (Lipinski definition) is 5. The first-order chi connectivity index (χ1) is 13.3. The molecule has 4 aliphatic rings. The van der Waals surface area contributed by atoms with E-state index in [-0.39, 0.29) is 30.5 Å². The van der Waals surface area contributed by atoms with Gasteiger partial charge in [-0.05, 0) is 50.1 Å². The fraction of sp³-hybridized carbons (Fsp3) is 0.500. The van der Waals surface area contributed by atoms with Gasteiger partial charge < -0.3 is 14.8 Å². The summed E-state index contributed by atoms with van der Waals surface area (Å²) in [7, 11) is 0. The number of benzene rings is 1. The Labute approximate surface area is 162 Å². The SMILES string of the molecule is CC(C)OC(=O)N1[C@@H]2C(=C[C@H]3c4cc(F)ccc4N[C@@H]23)[C@]2(C)CCOC(=O)N12. The summed E-state index contributed by atoms with van der Waals surface area (Å²) in [6.45, 7) is 5.77. The number of carbonyl (C=O) groups excluding carboxylic acids is 2. The molecule has 0 saturated carbocycles. The van der Waals surface area contributed by atoms with E-state index in [0.717, 1.165) is 16.8 Å². The van der Waals surface area contributed by atoms with E-state index in [1.807, 2.05) is 6.92 Å². The number of hydrogen-bond donors (Lipinski definition) is 1. The Balaban J connectivity index is 1.62. The lowest BCUT2D eigenvalue weighted by Gasteiger charge is -2.42. The lowest BCUT2D eigenvalue weighted by atomic mass is 9.86. The number of cyclic esters (lactones) is 1. The maximum Gasteiger partial charge on any atom is 0.429 e. The van der Waals surface area contributed by atoms with Crippen molar-refractivity contribution < 1.29 is 23.5 Å². The Bertz CT molecular complexity index is 917. The molecule has 0 unspecified atom stereocenters. The molecule has 2 fully saturated rings. The molecular weight excluding hydrogens is 365 g/mol. The van der Waals surface area contributed by atoms with Crippen molar-refractivity contribution in [2.24, 2.45) is 0 Å². The van der Waals surface area contributed by atoms with Crippen molar-refractivity contribution in [3.8, 4) is 0 Å². The van der Waals surface area contributed by atoms with E-state index in [1.165, 1.54) is 22.2 Å². The van der Waals surface area contributed by atoms with Gasteiger partial charge in [0.25, 0.3) is 0 Å². The predicted molar refractivity (Wildman–Crippen MR) is 98.1 cm³/mol. The monoisotopic (exact) mass is 387 g/mol. The molecule has 0 radical (unpaired) electrons. The van der Waals surface area contributed by atoms with Gasteiger partial charge in [0.15, 0.2) is 0 Å². The van der Waals surface area contributed by atoms with Gasteiger partial charge in [-0.2, -0.15) is 0 Å². The highest BCUT2D eigenvalue weighted by Gasteiger charge is 2.64. The number of anilines is 1. The summed E-state index contributed by atoms with van der Waals surface area (Å²) in [5.74, 6) is -0.362. The number of ether oxygens (including phenoxy) is 2. The van der Waals surface area contributed by atoms with Crippen LogP contribution in [0.2, 0.25) is 0 Å². The average Bonchev–Trinajstić information content (AvgIpc) is 3.22. The van der Waals surface area contributed by atoms with E-state index in [9.17, 15) is 14.0 Å². The molecule has 5 rings (SSSR count).